The van der Waals surface area contributed by atoms with E-state index in [2.05, 4.69) is 5.32 Å². The Hall–Kier alpha value is -2.41. The molecule has 7 nitrogen and oxygen atoms in total. The number of fused-ring (bicyclic) bond motifs is 1. The zero-order valence-corrected chi connectivity index (χ0v) is 20.1. The molecule has 5 atom stereocenters. The third-order valence-electron chi connectivity index (χ3n) is 6.81. The molecule has 1 N–H and O–H groups in total. The molecule has 0 radical (unpaired) electrons. The number of nitrogens with zero attached hydrogens (tertiary/aromatic N) is 1. The van der Waals surface area contributed by atoms with E-state index in [0.29, 0.717) is 25.4 Å². The Morgan fingerprint density at radius 1 is 1.09 bits per heavy atom. The fraction of sp³-hybridized carbons (Fsp3) is 0.654. The van der Waals surface area contributed by atoms with Crippen LogP contribution in [0.5, 0.6) is 0 Å². The van der Waals surface area contributed by atoms with E-state index in [1.165, 1.54) is 0 Å². The molecule has 33 heavy (non-hydrogen) atoms. The molecule has 3 rings (SSSR count). The van der Waals surface area contributed by atoms with Crippen LogP contribution in [0.1, 0.15) is 71.3 Å². The molecule has 2 fully saturated rings. The lowest BCUT2D eigenvalue weighted by molar-refractivity contribution is -0.157. The molecule has 1 aliphatic carbocycles. The van der Waals surface area contributed by atoms with Crippen LogP contribution in [-0.2, 0) is 30.5 Å². The van der Waals surface area contributed by atoms with Crippen molar-refractivity contribution in [3.05, 3.63) is 35.9 Å². The Bertz CT molecular complexity index is 799. The van der Waals surface area contributed by atoms with Gasteiger partial charge in [0.15, 0.2) is 0 Å². The van der Waals surface area contributed by atoms with Gasteiger partial charge in [-0.1, -0.05) is 56.5 Å². The van der Waals surface area contributed by atoms with Crippen molar-refractivity contribution in [2.24, 2.45) is 5.92 Å². The number of carbonyl (C=O) groups is 3. The Kier molecular flexibility index (Phi) is 9.30. The van der Waals surface area contributed by atoms with E-state index in [-0.39, 0.29) is 30.5 Å². The van der Waals surface area contributed by atoms with Crippen molar-refractivity contribution in [2.45, 2.75) is 96.5 Å². The molecule has 0 spiro atoms. The second-order valence-electron chi connectivity index (χ2n) is 9.18. The number of esters is 2. The second kappa shape index (κ2) is 12.2. The average Bonchev–Trinajstić information content (AvgIpc) is 3.22. The average molecular weight is 459 g/mol. The molecule has 1 saturated heterocycles. The zero-order chi connectivity index (χ0) is 23.8. The van der Waals surface area contributed by atoms with Gasteiger partial charge in [-0.25, -0.2) is 4.79 Å². The van der Waals surface area contributed by atoms with Gasteiger partial charge in [0.1, 0.15) is 18.7 Å². The Labute approximate surface area is 197 Å². The van der Waals surface area contributed by atoms with Crippen LogP contribution in [0.4, 0.5) is 0 Å². The maximum atomic E-state index is 13.6. The summed E-state index contributed by atoms with van der Waals surface area (Å²) in [6.45, 7) is 6.03. The first kappa shape index (κ1) is 25.2. The minimum atomic E-state index is -0.601. The van der Waals surface area contributed by atoms with E-state index in [1.807, 2.05) is 37.3 Å². The molecule has 1 unspecified atom stereocenters. The summed E-state index contributed by atoms with van der Waals surface area (Å²) in [4.78, 5) is 40.8. The number of hydrogen-bond donors (Lipinski definition) is 1. The molecule has 1 amide bonds. The number of carbonyl (C=O) groups excluding carboxylic acids is 3. The molecule has 7 heteroatoms. The molecular weight excluding hydrogens is 420 g/mol. The molecule has 1 saturated carbocycles. The SMILES string of the molecule is CCCC(N[C@@H](C)C(=O)N1[C@H](C(=O)OCc2ccccc2)C[C@@H]2CCCC[C@@H]21)C(=O)OCC. The highest BCUT2D eigenvalue weighted by atomic mass is 16.5. The van der Waals surface area contributed by atoms with Gasteiger partial charge >= 0.3 is 11.9 Å². The minimum absolute atomic E-state index is 0.0528. The van der Waals surface area contributed by atoms with Gasteiger partial charge in [-0.3, -0.25) is 14.9 Å². The lowest BCUT2D eigenvalue weighted by atomic mass is 9.84. The summed E-state index contributed by atoms with van der Waals surface area (Å²) in [7, 11) is 0. The summed E-state index contributed by atoms with van der Waals surface area (Å²) in [6, 6.07) is 7.91. The van der Waals surface area contributed by atoms with E-state index in [0.717, 1.165) is 37.7 Å². The largest absolute Gasteiger partial charge is 0.465 e. The van der Waals surface area contributed by atoms with E-state index in [4.69, 9.17) is 9.47 Å². The highest BCUT2D eigenvalue weighted by Gasteiger charge is 2.49. The van der Waals surface area contributed by atoms with Gasteiger partial charge in [-0.05, 0) is 51.0 Å². The quantitative estimate of drug-likeness (QED) is 0.539. The number of likely N-dealkylation sites (tertiary alicyclic amines) is 1. The molecule has 1 heterocycles. The number of hydrogen-bond acceptors (Lipinski definition) is 6. The van der Waals surface area contributed by atoms with Gasteiger partial charge in [0, 0.05) is 6.04 Å². The van der Waals surface area contributed by atoms with Crippen molar-refractivity contribution in [3.8, 4) is 0 Å². The standard InChI is InChI=1S/C26H38N2O5/c1-4-11-21(25(30)32-5-2)27-18(3)24(29)28-22-15-10-9-14-20(22)16-23(28)26(31)33-17-19-12-7-6-8-13-19/h6-8,12-13,18,20-23,27H,4-5,9-11,14-17H2,1-3H3/t18-,20-,21?,22-,23-/m0/s1. The first-order valence-electron chi connectivity index (χ1n) is 12.4. The molecule has 1 aromatic carbocycles. The van der Waals surface area contributed by atoms with Crippen molar-refractivity contribution in [1.29, 1.82) is 0 Å². The van der Waals surface area contributed by atoms with E-state index >= 15 is 0 Å². The first-order chi connectivity index (χ1) is 16.0. The van der Waals surface area contributed by atoms with Crippen LogP contribution in [0.15, 0.2) is 30.3 Å². The maximum absolute atomic E-state index is 13.6. The van der Waals surface area contributed by atoms with E-state index < -0.39 is 18.1 Å². The highest BCUT2D eigenvalue weighted by Crippen LogP contribution is 2.40. The monoisotopic (exact) mass is 458 g/mol. The molecule has 1 aromatic rings. The summed E-state index contributed by atoms with van der Waals surface area (Å²) in [5.41, 5.74) is 0.922. The fourth-order valence-corrected chi connectivity index (χ4v) is 5.21. The summed E-state index contributed by atoms with van der Waals surface area (Å²) >= 11 is 0. The molecular formula is C26H38N2O5. The summed E-state index contributed by atoms with van der Waals surface area (Å²) in [6.07, 6.45) is 6.14. The first-order valence-corrected chi connectivity index (χ1v) is 12.4. The predicted octanol–water partition coefficient (Wildman–Crippen LogP) is 3.60. The number of rotatable bonds is 10. The van der Waals surface area contributed by atoms with Crippen LogP contribution in [0, 0.1) is 5.92 Å². The summed E-state index contributed by atoms with van der Waals surface area (Å²) < 4.78 is 10.8. The Balaban J connectivity index is 1.72. The summed E-state index contributed by atoms with van der Waals surface area (Å²) in [5.74, 6) is -0.503. The van der Waals surface area contributed by atoms with Crippen molar-refractivity contribution >= 4 is 17.8 Å². The van der Waals surface area contributed by atoms with Crippen molar-refractivity contribution in [3.63, 3.8) is 0 Å². The van der Waals surface area contributed by atoms with E-state index in [9.17, 15) is 14.4 Å². The Morgan fingerprint density at radius 2 is 1.82 bits per heavy atom. The lowest BCUT2D eigenvalue weighted by Crippen LogP contribution is -2.55. The van der Waals surface area contributed by atoms with Crippen molar-refractivity contribution in [2.75, 3.05) is 6.61 Å². The number of amides is 1. The molecule has 182 valence electrons. The number of benzene rings is 1. The minimum Gasteiger partial charge on any atom is -0.465 e. The third-order valence-corrected chi connectivity index (χ3v) is 6.81. The van der Waals surface area contributed by atoms with Crippen LogP contribution < -0.4 is 5.32 Å². The zero-order valence-electron chi connectivity index (χ0n) is 20.1. The van der Waals surface area contributed by atoms with Gasteiger partial charge < -0.3 is 14.4 Å². The van der Waals surface area contributed by atoms with Crippen LogP contribution >= 0.6 is 0 Å². The third kappa shape index (κ3) is 6.34. The molecule has 0 bridgehead atoms. The van der Waals surface area contributed by atoms with Gasteiger partial charge in [0.05, 0.1) is 12.6 Å². The molecule has 0 aromatic heterocycles. The highest BCUT2D eigenvalue weighted by molar-refractivity contribution is 5.89. The smallest absolute Gasteiger partial charge is 0.329 e. The van der Waals surface area contributed by atoms with E-state index in [1.54, 1.807) is 18.7 Å². The van der Waals surface area contributed by atoms with Gasteiger partial charge in [0.2, 0.25) is 5.91 Å². The fourth-order valence-electron chi connectivity index (χ4n) is 5.21. The van der Waals surface area contributed by atoms with Crippen LogP contribution in [-0.4, -0.2) is 53.5 Å². The van der Waals surface area contributed by atoms with Crippen molar-refractivity contribution in [1.82, 2.24) is 10.2 Å². The van der Waals surface area contributed by atoms with Crippen LogP contribution in [0.2, 0.25) is 0 Å². The topological polar surface area (TPSA) is 84.9 Å². The van der Waals surface area contributed by atoms with Crippen LogP contribution in [0.25, 0.3) is 0 Å². The normalized spacial score (nSPS) is 24.0. The molecule has 2 aliphatic rings. The predicted molar refractivity (Wildman–Crippen MR) is 125 cm³/mol. The number of nitrogens with one attached hydrogen (secondary N) is 1. The van der Waals surface area contributed by atoms with Gasteiger partial charge in [-0.2, -0.15) is 0 Å². The van der Waals surface area contributed by atoms with Gasteiger partial charge in [-0.15, -0.1) is 0 Å². The second-order valence-corrected chi connectivity index (χ2v) is 9.18. The molecule has 1 aliphatic heterocycles. The lowest BCUT2D eigenvalue weighted by Gasteiger charge is -2.35. The van der Waals surface area contributed by atoms with Gasteiger partial charge in [0.25, 0.3) is 0 Å². The van der Waals surface area contributed by atoms with Crippen LogP contribution in [0.3, 0.4) is 0 Å². The Morgan fingerprint density at radius 3 is 2.52 bits per heavy atom. The summed E-state index contributed by atoms with van der Waals surface area (Å²) in [5, 5.41) is 3.17. The van der Waals surface area contributed by atoms with Crippen molar-refractivity contribution < 1.29 is 23.9 Å². The number of ether oxygens (including phenoxy) is 2. The maximum Gasteiger partial charge on any atom is 0.329 e.